The summed E-state index contributed by atoms with van der Waals surface area (Å²) >= 11 is 0. The highest BCUT2D eigenvalue weighted by molar-refractivity contribution is 5.95. The fraction of sp³-hybridized carbons (Fsp3) is 0.500. The molecule has 1 aromatic carbocycles. The van der Waals surface area contributed by atoms with Crippen molar-refractivity contribution >= 4 is 23.2 Å². The second-order valence-corrected chi connectivity index (χ2v) is 5.71. The smallest absolute Gasteiger partial charge is 0.243 e. The molecule has 0 aliphatic carbocycles. The minimum atomic E-state index is -0.126. The van der Waals surface area contributed by atoms with E-state index in [0.717, 1.165) is 25.2 Å². The molecule has 0 bridgehead atoms. The van der Waals surface area contributed by atoms with Crippen LogP contribution in [-0.4, -0.2) is 42.9 Å². The molecule has 2 aliphatic heterocycles. The topological polar surface area (TPSA) is 52.7 Å². The molecule has 0 unspecified atom stereocenters. The molecule has 1 N–H and O–H groups in total. The lowest BCUT2D eigenvalue weighted by atomic mass is 10.2. The number of nitrogens with zero attached hydrogens (tertiary/aromatic N) is 2. The normalized spacial score (nSPS) is 18.4. The molecule has 0 spiro atoms. The first-order valence-corrected chi connectivity index (χ1v) is 7.65. The molecule has 5 nitrogen and oxygen atoms in total. The Morgan fingerprint density at radius 1 is 1.05 bits per heavy atom. The van der Waals surface area contributed by atoms with Crippen molar-refractivity contribution in [2.75, 3.05) is 36.4 Å². The van der Waals surface area contributed by atoms with E-state index in [0.29, 0.717) is 13.0 Å². The molecule has 2 amide bonds. The van der Waals surface area contributed by atoms with E-state index in [9.17, 15) is 9.59 Å². The van der Waals surface area contributed by atoms with Crippen molar-refractivity contribution in [2.45, 2.75) is 25.7 Å². The highest BCUT2D eigenvalue weighted by Crippen LogP contribution is 2.22. The lowest BCUT2D eigenvalue weighted by molar-refractivity contribution is -0.131. The van der Waals surface area contributed by atoms with E-state index >= 15 is 0 Å². The van der Waals surface area contributed by atoms with Crippen molar-refractivity contribution in [3.05, 3.63) is 24.3 Å². The Bertz CT molecular complexity index is 521. The summed E-state index contributed by atoms with van der Waals surface area (Å²) in [6.07, 6.45) is 3.93. The number of nitrogens with one attached hydrogen (secondary N) is 1. The van der Waals surface area contributed by atoms with Crippen LogP contribution in [0.25, 0.3) is 0 Å². The fourth-order valence-electron chi connectivity index (χ4n) is 2.98. The molecule has 2 aliphatic rings. The molecular formula is C16H21N3O2. The van der Waals surface area contributed by atoms with Crippen LogP contribution in [0.2, 0.25) is 0 Å². The Kier molecular flexibility index (Phi) is 4.08. The third kappa shape index (κ3) is 3.35. The Morgan fingerprint density at radius 2 is 1.76 bits per heavy atom. The first kappa shape index (κ1) is 13.9. The molecule has 0 radical (unpaired) electrons. The van der Waals surface area contributed by atoms with Gasteiger partial charge in [0.2, 0.25) is 11.8 Å². The average molecular weight is 287 g/mol. The summed E-state index contributed by atoms with van der Waals surface area (Å²) < 4.78 is 0. The van der Waals surface area contributed by atoms with E-state index in [1.165, 1.54) is 18.5 Å². The van der Waals surface area contributed by atoms with Crippen LogP contribution in [0.4, 0.5) is 11.4 Å². The zero-order valence-electron chi connectivity index (χ0n) is 12.2. The van der Waals surface area contributed by atoms with Gasteiger partial charge in [-0.25, -0.2) is 0 Å². The largest absolute Gasteiger partial charge is 0.372 e. The number of anilines is 2. The summed E-state index contributed by atoms with van der Waals surface area (Å²) in [6.45, 7) is 3.08. The van der Waals surface area contributed by atoms with Gasteiger partial charge in [-0.15, -0.1) is 0 Å². The molecule has 1 aromatic rings. The summed E-state index contributed by atoms with van der Waals surface area (Å²) in [5.41, 5.74) is 2.00. The van der Waals surface area contributed by atoms with E-state index in [-0.39, 0.29) is 18.4 Å². The molecule has 0 saturated carbocycles. The predicted molar refractivity (Wildman–Crippen MR) is 82.3 cm³/mol. The Morgan fingerprint density at radius 3 is 2.38 bits per heavy atom. The number of carbonyl (C=O) groups excluding carboxylic acids is 2. The zero-order valence-corrected chi connectivity index (χ0v) is 12.2. The van der Waals surface area contributed by atoms with Crippen LogP contribution in [0, 0.1) is 0 Å². The van der Waals surface area contributed by atoms with E-state index in [4.69, 9.17) is 0 Å². The maximum atomic E-state index is 11.9. The van der Waals surface area contributed by atoms with Gasteiger partial charge in [0.1, 0.15) is 0 Å². The average Bonchev–Trinajstić information content (AvgIpc) is 3.12. The second kappa shape index (κ2) is 6.16. The first-order valence-electron chi connectivity index (χ1n) is 7.65. The minimum Gasteiger partial charge on any atom is -0.372 e. The predicted octanol–water partition coefficient (Wildman–Crippen LogP) is 1.85. The lowest BCUT2D eigenvalue weighted by Gasteiger charge is -2.18. The number of likely N-dealkylation sites (tertiary alicyclic amines) is 1. The van der Waals surface area contributed by atoms with E-state index in [1.54, 1.807) is 4.90 Å². The van der Waals surface area contributed by atoms with Gasteiger partial charge in [0, 0.05) is 37.4 Å². The van der Waals surface area contributed by atoms with Crippen molar-refractivity contribution < 1.29 is 9.59 Å². The summed E-state index contributed by atoms with van der Waals surface area (Å²) in [6, 6.07) is 7.94. The van der Waals surface area contributed by atoms with Crippen LogP contribution in [0.3, 0.4) is 0 Å². The quantitative estimate of drug-likeness (QED) is 0.919. The Hall–Kier alpha value is -2.04. The number of hydrogen-bond donors (Lipinski definition) is 1. The van der Waals surface area contributed by atoms with E-state index < -0.39 is 0 Å². The number of benzene rings is 1. The molecule has 112 valence electrons. The van der Waals surface area contributed by atoms with E-state index in [1.807, 2.05) is 24.3 Å². The Balaban J connectivity index is 1.54. The molecule has 0 atom stereocenters. The summed E-state index contributed by atoms with van der Waals surface area (Å²) in [7, 11) is 0. The van der Waals surface area contributed by atoms with E-state index in [2.05, 4.69) is 10.2 Å². The molecule has 5 heteroatoms. The fourth-order valence-corrected chi connectivity index (χ4v) is 2.98. The van der Waals surface area contributed by atoms with Crippen LogP contribution < -0.4 is 10.2 Å². The molecule has 2 fully saturated rings. The van der Waals surface area contributed by atoms with Gasteiger partial charge >= 0.3 is 0 Å². The van der Waals surface area contributed by atoms with Gasteiger partial charge in [0.05, 0.1) is 6.54 Å². The van der Waals surface area contributed by atoms with Crippen LogP contribution in [0.1, 0.15) is 25.7 Å². The lowest BCUT2D eigenvalue weighted by Crippen LogP contribution is -2.33. The van der Waals surface area contributed by atoms with Crippen molar-refractivity contribution in [1.29, 1.82) is 0 Å². The number of amides is 2. The Labute approximate surface area is 124 Å². The SMILES string of the molecule is O=C(CN1CCCC1=O)Nc1ccc(N2CCCC2)cc1. The summed E-state index contributed by atoms with van der Waals surface area (Å²) in [5.74, 6) is -0.0475. The maximum absolute atomic E-state index is 11.9. The van der Waals surface area contributed by atoms with Gasteiger partial charge in [-0.1, -0.05) is 0 Å². The monoisotopic (exact) mass is 287 g/mol. The van der Waals surface area contributed by atoms with Crippen LogP contribution in [0.5, 0.6) is 0 Å². The zero-order chi connectivity index (χ0) is 14.7. The van der Waals surface area contributed by atoms with Crippen LogP contribution >= 0.6 is 0 Å². The number of hydrogen-bond acceptors (Lipinski definition) is 3. The maximum Gasteiger partial charge on any atom is 0.243 e. The van der Waals surface area contributed by atoms with Gasteiger partial charge in [0.15, 0.2) is 0 Å². The summed E-state index contributed by atoms with van der Waals surface area (Å²) in [5, 5.41) is 2.86. The highest BCUT2D eigenvalue weighted by Gasteiger charge is 2.22. The van der Waals surface area contributed by atoms with Crippen LogP contribution in [-0.2, 0) is 9.59 Å². The first-order chi connectivity index (χ1) is 10.2. The van der Waals surface area contributed by atoms with Gasteiger partial charge < -0.3 is 15.1 Å². The minimum absolute atomic E-state index is 0.0783. The molecule has 0 aromatic heterocycles. The van der Waals surface area contributed by atoms with Gasteiger partial charge in [0.25, 0.3) is 0 Å². The second-order valence-electron chi connectivity index (χ2n) is 5.71. The standard InChI is InChI=1S/C16H21N3O2/c20-15(12-19-11-3-4-16(19)21)17-13-5-7-14(8-6-13)18-9-1-2-10-18/h5-8H,1-4,9-12H2,(H,17,20). The van der Waals surface area contributed by atoms with Crippen molar-refractivity contribution in [2.24, 2.45) is 0 Å². The van der Waals surface area contributed by atoms with Gasteiger partial charge in [-0.05, 0) is 43.5 Å². The van der Waals surface area contributed by atoms with Gasteiger partial charge in [-0.2, -0.15) is 0 Å². The van der Waals surface area contributed by atoms with Crippen molar-refractivity contribution in [3.8, 4) is 0 Å². The van der Waals surface area contributed by atoms with Crippen molar-refractivity contribution in [3.63, 3.8) is 0 Å². The third-order valence-electron chi connectivity index (χ3n) is 4.13. The molecule has 3 rings (SSSR count). The van der Waals surface area contributed by atoms with Crippen LogP contribution in [0.15, 0.2) is 24.3 Å². The molecule has 2 heterocycles. The van der Waals surface area contributed by atoms with Crippen molar-refractivity contribution in [1.82, 2.24) is 4.90 Å². The number of rotatable bonds is 4. The molecular weight excluding hydrogens is 266 g/mol. The third-order valence-corrected chi connectivity index (χ3v) is 4.13. The summed E-state index contributed by atoms with van der Waals surface area (Å²) in [4.78, 5) is 27.4. The highest BCUT2D eigenvalue weighted by atomic mass is 16.2. The molecule has 21 heavy (non-hydrogen) atoms. The number of carbonyl (C=O) groups is 2. The molecule has 2 saturated heterocycles. The van der Waals surface area contributed by atoms with Gasteiger partial charge in [-0.3, -0.25) is 9.59 Å².